The van der Waals surface area contributed by atoms with Gasteiger partial charge in [0.05, 0.1) is 29.8 Å². The highest BCUT2D eigenvalue weighted by Gasteiger charge is 2.60. The highest BCUT2D eigenvalue weighted by atomic mass is 19.1. The van der Waals surface area contributed by atoms with Crippen molar-refractivity contribution >= 4 is 17.3 Å². The largest absolute Gasteiger partial charge is 0.337 e. The van der Waals surface area contributed by atoms with Crippen molar-refractivity contribution in [2.45, 2.75) is 64.5 Å². The quantitative estimate of drug-likeness (QED) is 0.591. The first kappa shape index (κ1) is 20.0. The van der Waals surface area contributed by atoms with Gasteiger partial charge in [0.25, 0.3) is 0 Å². The van der Waals surface area contributed by atoms with Crippen LogP contribution in [0.2, 0.25) is 0 Å². The van der Waals surface area contributed by atoms with Crippen LogP contribution in [-0.2, 0) is 4.79 Å². The third-order valence-corrected chi connectivity index (χ3v) is 7.39. The highest BCUT2D eigenvalue weighted by molar-refractivity contribution is 6.04. The van der Waals surface area contributed by atoms with Gasteiger partial charge in [0, 0.05) is 24.4 Å². The fourth-order valence-corrected chi connectivity index (χ4v) is 6.47. The Bertz CT molecular complexity index is 889. The van der Waals surface area contributed by atoms with E-state index in [4.69, 9.17) is 5.41 Å². The lowest BCUT2D eigenvalue weighted by atomic mass is 9.50. The summed E-state index contributed by atoms with van der Waals surface area (Å²) in [6.45, 7) is 4.10. The molecule has 1 aromatic rings. The summed E-state index contributed by atoms with van der Waals surface area (Å²) in [4.78, 5) is 15.3. The standard InChI is InChI=1S/C23H29FN4O/c1-14(21(26)20-17(24)5-4-6-18(20)27-3)7-19(29)28-15-8-22(2)9-16(28)11-23(10-15,12-22)13-25/h4-6,14-16,26-27H,7-12H2,1-3H3/p+1. The van der Waals surface area contributed by atoms with Crippen LogP contribution in [0.3, 0.4) is 0 Å². The minimum absolute atomic E-state index is 0.0473. The number of amides is 1. The summed E-state index contributed by atoms with van der Waals surface area (Å²) in [6.07, 6.45) is 4.64. The Kier molecular flexibility index (Phi) is 4.77. The topological polar surface area (TPSA) is 84.6 Å². The zero-order valence-corrected chi connectivity index (χ0v) is 17.5. The molecule has 5 nitrogen and oxygen atoms in total. The lowest BCUT2D eigenvalue weighted by Gasteiger charge is -2.63. The van der Waals surface area contributed by atoms with E-state index in [1.165, 1.54) is 6.07 Å². The summed E-state index contributed by atoms with van der Waals surface area (Å²) >= 11 is 0. The monoisotopic (exact) mass is 397 g/mol. The van der Waals surface area contributed by atoms with Gasteiger partial charge in [0.1, 0.15) is 11.5 Å². The van der Waals surface area contributed by atoms with Crippen molar-refractivity contribution in [1.29, 1.82) is 10.7 Å². The second kappa shape index (κ2) is 6.91. The molecule has 6 heteroatoms. The summed E-state index contributed by atoms with van der Waals surface area (Å²) in [5, 5.41) is 20.1. The molecule has 29 heavy (non-hydrogen) atoms. The first-order valence-electron chi connectivity index (χ1n) is 10.6. The third kappa shape index (κ3) is 3.26. The van der Waals surface area contributed by atoms with Crippen LogP contribution in [0.5, 0.6) is 0 Å². The number of nitrogens with zero attached hydrogens (tertiary/aromatic N) is 2. The molecular formula is C23H30FN4O+. The third-order valence-electron chi connectivity index (χ3n) is 7.39. The van der Waals surface area contributed by atoms with Gasteiger partial charge in [-0.2, -0.15) is 5.26 Å². The fourth-order valence-electron chi connectivity index (χ4n) is 6.47. The molecule has 4 bridgehead atoms. The number of piperidine rings is 2. The van der Waals surface area contributed by atoms with Crippen LogP contribution >= 0.6 is 0 Å². The molecular weight excluding hydrogens is 367 g/mol. The second-order valence-corrected chi connectivity index (χ2v) is 9.82. The summed E-state index contributed by atoms with van der Waals surface area (Å²) in [5.74, 6) is -0.731. The van der Waals surface area contributed by atoms with Gasteiger partial charge in [-0.25, -0.2) is 4.39 Å². The van der Waals surface area contributed by atoms with Gasteiger partial charge in [0.2, 0.25) is 5.91 Å². The average molecular weight is 398 g/mol. The summed E-state index contributed by atoms with van der Waals surface area (Å²) < 4.78 is 14.4. The number of benzene rings is 1. The number of nitrogens with two attached hydrogens (primary N) is 1. The molecule has 154 valence electrons. The average Bonchev–Trinajstić information content (AvgIpc) is 2.65. The maximum atomic E-state index is 14.4. The number of halogens is 1. The molecule has 2 saturated carbocycles. The Balaban J connectivity index is 1.51. The van der Waals surface area contributed by atoms with Gasteiger partial charge in [-0.15, -0.1) is 0 Å². The molecule has 4 aliphatic rings. The Morgan fingerprint density at radius 2 is 2.03 bits per heavy atom. The SMILES string of the molecule is C[NH2+]c1cccc(F)c1C(=N)C(C)CC(=O)N1C2CC3(C)CC1CC(C#N)(C2)C3. The first-order chi connectivity index (χ1) is 13.7. The van der Waals surface area contributed by atoms with Crippen molar-refractivity contribution in [3.8, 4) is 6.07 Å². The first-order valence-corrected chi connectivity index (χ1v) is 10.6. The number of nitriles is 1. The van der Waals surface area contributed by atoms with Crippen LogP contribution in [-0.4, -0.2) is 35.7 Å². The van der Waals surface area contributed by atoms with Gasteiger partial charge in [-0.1, -0.05) is 19.9 Å². The number of quaternary nitrogens is 1. The number of hydrogen-bond donors (Lipinski definition) is 2. The molecule has 2 aliphatic heterocycles. The predicted octanol–water partition coefficient (Wildman–Crippen LogP) is 3.12. The molecule has 3 atom stereocenters. The molecule has 2 saturated heterocycles. The zero-order valence-electron chi connectivity index (χ0n) is 17.5. The predicted molar refractivity (Wildman–Crippen MR) is 108 cm³/mol. The molecule has 5 rings (SSSR count). The van der Waals surface area contributed by atoms with Crippen molar-refractivity contribution in [2.75, 3.05) is 7.05 Å². The van der Waals surface area contributed by atoms with E-state index >= 15 is 0 Å². The van der Waals surface area contributed by atoms with Crippen LogP contribution in [0.4, 0.5) is 10.1 Å². The van der Waals surface area contributed by atoms with Crippen molar-refractivity contribution in [3.05, 3.63) is 29.6 Å². The molecule has 0 radical (unpaired) electrons. The molecule has 3 unspecified atom stereocenters. The summed E-state index contributed by atoms with van der Waals surface area (Å²) in [6, 6.07) is 7.64. The van der Waals surface area contributed by atoms with Crippen LogP contribution in [0, 0.1) is 39.3 Å². The fraction of sp³-hybridized carbons (Fsp3) is 0.609. The van der Waals surface area contributed by atoms with E-state index in [0.29, 0.717) is 11.3 Å². The van der Waals surface area contributed by atoms with E-state index in [1.807, 2.05) is 18.9 Å². The highest BCUT2D eigenvalue weighted by Crippen LogP contribution is 2.61. The molecule has 4 fully saturated rings. The summed E-state index contributed by atoms with van der Waals surface area (Å²) in [7, 11) is 1.83. The Morgan fingerprint density at radius 1 is 1.38 bits per heavy atom. The number of hydrogen-bond acceptors (Lipinski definition) is 3. The second-order valence-electron chi connectivity index (χ2n) is 9.82. The van der Waals surface area contributed by atoms with Crippen LogP contribution in [0.15, 0.2) is 18.2 Å². The smallest absolute Gasteiger partial charge is 0.223 e. The Morgan fingerprint density at radius 3 is 2.62 bits per heavy atom. The number of nitrogens with one attached hydrogen (secondary N) is 1. The van der Waals surface area contributed by atoms with E-state index in [1.54, 1.807) is 17.4 Å². The Hall–Kier alpha value is -2.26. The minimum Gasteiger partial charge on any atom is -0.337 e. The van der Waals surface area contributed by atoms with Crippen LogP contribution in [0.25, 0.3) is 0 Å². The molecule has 2 aliphatic carbocycles. The number of carbonyl (C=O) groups excluding carboxylic acids is 1. The van der Waals surface area contributed by atoms with E-state index in [-0.39, 0.29) is 46.9 Å². The molecule has 2 heterocycles. The molecule has 3 N–H and O–H groups in total. The maximum absolute atomic E-state index is 14.4. The van der Waals surface area contributed by atoms with Crippen molar-refractivity contribution < 1.29 is 14.5 Å². The van der Waals surface area contributed by atoms with Crippen molar-refractivity contribution in [3.63, 3.8) is 0 Å². The minimum atomic E-state index is -0.413. The van der Waals surface area contributed by atoms with Crippen LogP contribution in [0.1, 0.15) is 57.9 Å². The van der Waals surface area contributed by atoms with Gasteiger partial charge in [-0.05, 0) is 49.7 Å². The number of carbonyl (C=O) groups is 1. The van der Waals surface area contributed by atoms with Crippen molar-refractivity contribution in [1.82, 2.24) is 4.90 Å². The van der Waals surface area contributed by atoms with Gasteiger partial charge in [-0.3, -0.25) is 4.79 Å². The van der Waals surface area contributed by atoms with Gasteiger partial charge < -0.3 is 15.6 Å². The molecule has 0 spiro atoms. The van der Waals surface area contributed by atoms with Gasteiger partial charge >= 0.3 is 0 Å². The Labute approximate surface area is 171 Å². The van der Waals surface area contributed by atoms with E-state index in [2.05, 4.69) is 13.0 Å². The normalized spacial score (nSPS) is 33.4. The van der Waals surface area contributed by atoms with Crippen LogP contribution < -0.4 is 5.32 Å². The van der Waals surface area contributed by atoms with E-state index in [0.717, 1.165) is 32.1 Å². The number of rotatable bonds is 5. The van der Waals surface area contributed by atoms with E-state index in [9.17, 15) is 14.4 Å². The lowest BCUT2D eigenvalue weighted by Crippen LogP contribution is -2.73. The zero-order chi connectivity index (χ0) is 21.0. The maximum Gasteiger partial charge on any atom is 0.223 e. The van der Waals surface area contributed by atoms with Crippen molar-refractivity contribution in [2.24, 2.45) is 16.7 Å². The molecule has 0 aromatic heterocycles. The van der Waals surface area contributed by atoms with Gasteiger partial charge in [0.15, 0.2) is 0 Å². The van der Waals surface area contributed by atoms with E-state index < -0.39 is 5.82 Å². The molecule has 1 aromatic carbocycles. The summed E-state index contributed by atoms with van der Waals surface area (Å²) in [5.41, 5.74) is 1.05. The molecule has 1 amide bonds. The lowest BCUT2D eigenvalue weighted by molar-refractivity contribution is -0.539.